The zero-order valence-corrected chi connectivity index (χ0v) is 15.7. The molecule has 1 amide bonds. The van der Waals surface area contributed by atoms with Gasteiger partial charge in [0.2, 0.25) is 0 Å². The van der Waals surface area contributed by atoms with Gasteiger partial charge in [0.15, 0.2) is 0 Å². The minimum absolute atomic E-state index is 0.0666. The van der Waals surface area contributed by atoms with Crippen LogP contribution in [0.3, 0.4) is 0 Å². The van der Waals surface area contributed by atoms with Gasteiger partial charge in [0.05, 0.1) is 0 Å². The number of hydrogen-bond acceptors (Lipinski definition) is 3. The highest BCUT2D eigenvalue weighted by atomic mass is 16.5. The average molecular weight is 360 g/mol. The minimum atomic E-state index is -0.0666. The normalized spacial score (nSPS) is 10.6. The smallest absolute Gasteiger partial charge is 0.262 e. The number of carbonyl (C=O) groups is 1. The molecule has 0 saturated carbocycles. The molecule has 0 aliphatic heterocycles. The number of anilines is 2. The second-order valence-corrected chi connectivity index (χ2v) is 6.49. The summed E-state index contributed by atoms with van der Waals surface area (Å²) in [5.74, 6) is 0.726. The Labute approximate surface area is 160 Å². The third-order valence-electron chi connectivity index (χ3n) is 4.14. The van der Waals surface area contributed by atoms with Crippen molar-refractivity contribution in [3.05, 3.63) is 90.5 Å². The zero-order valence-electron chi connectivity index (χ0n) is 15.7. The molecule has 0 aliphatic carbocycles. The van der Waals surface area contributed by atoms with Crippen LogP contribution in [0.15, 0.2) is 84.9 Å². The Hall–Kier alpha value is -3.11. The van der Waals surface area contributed by atoms with Crippen LogP contribution in [0.4, 0.5) is 11.4 Å². The molecule has 4 heteroatoms. The molecule has 0 unspecified atom stereocenters. The third-order valence-corrected chi connectivity index (χ3v) is 4.14. The molecule has 4 nitrogen and oxygen atoms in total. The average Bonchev–Trinajstić information content (AvgIpc) is 2.70. The van der Waals surface area contributed by atoms with Crippen LogP contribution >= 0.6 is 0 Å². The molecule has 0 aliphatic rings. The SMILES string of the molecule is CN(C)CCOc1ccc(N(C(=O)c2ccccc2)c2ccccc2)cc1. The predicted octanol–water partition coefficient (Wildman–Crippen LogP) is 4.61. The monoisotopic (exact) mass is 360 g/mol. The highest BCUT2D eigenvalue weighted by Crippen LogP contribution is 2.29. The van der Waals surface area contributed by atoms with Gasteiger partial charge in [0.1, 0.15) is 12.4 Å². The van der Waals surface area contributed by atoms with E-state index in [-0.39, 0.29) is 5.91 Å². The summed E-state index contributed by atoms with van der Waals surface area (Å²) in [4.78, 5) is 17.0. The molecule has 0 radical (unpaired) electrons. The summed E-state index contributed by atoms with van der Waals surface area (Å²) < 4.78 is 5.76. The Kier molecular flexibility index (Phi) is 6.23. The van der Waals surface area contributed by atoms with E-state index >= 15 is 0 Å². The number of ether oxygens (including phenoxy) is 1. The maximum atomic E-state index is 13.2. The lowest BCUT2D eigenvalue weighted by molar-refractivity contribution is 0.0999. The Morgan fingerprint density at radius 3 is 1.93 bits per heavy atom. The van der Waals surface area contributed by atoms with Crippen LogP contribution in [0.2, 0.25) is 0 Å². The second kappa shape index (κ2) is 9.01. The van der Waals surface area contributed by atoms with E-state index in [1.165, 1.54) is 0 Å². The van der Waals surface area contributed by atoms with Crippen molar-refractivity contribution in [2.24, 2.45) is 0 Å². The van der Waals surface area contributed by atoms with Gasteiger partial charge >= 0.3 is 0 Å². The molecular formula is C23H24N2O2. The van der Waals surface area contributed by atoms with Gasteiger partial charge in [-0.1, -0.05) is 36.4 Å². The highest BCUT2D eigenvalue weighted by Gasteiger charge is 2.19. The summed E-state index contributed by atoms with van der Waals surface area (Å²) in [5.41, 5.74) is 2.27. The van der Waals surface area contributed by atoms with Gasteiger partial charge < -0.3 is 9.64 Å². The molecule has 3 aromatic rings. The first-order valence-electron chi connectivity index (χ1n) is 8.97. The van der Waals surface area contributed by atoms with Gasteiger partial charge in [-0.25, -0.2) is 0 Å². The molecule has 0 atom stereocenters. The molecule has 3 aromatic carbocycles. The van der Waals surface area contributed by atoms with Gasteiger partial charge in [-0.2, -0.15) is 0 Å². The molecule has 0 heterocycles. The first kappa shape index (κ1) is 18.7. The second-order valence-electron chi connectivity index (χ2n) is 6.49. The van der Waals surface area contributed by atoms with Crippen molar-refractivity contribution in [3.8, 4) is 5.75 Å². The van der Waals surface area contributed by atoms with Crippen LogP contribution in [0, 0.1) is 0 Å². The van der Waals surface area contributed by atoms with Crippen molar-refractivity contribution in [1.29, 1.82) is 0 Å². The number of likely N-dealkylation sites (N-methyl/N-ethyl adjacent to an activating group) is 1. The van der Waals surface area contributed by atoms with Gasteiger partial charge in [-0.05, 0) is 62.6 Å². The van der Waals surface area contributed by atoms with Crippen LogP contribution in [0.1, 0.15) is 10.4 Å². The standard InChI is InChI=1S/C23H24N2O2/c1-24(2)17-18-27-22-15-13-21(14-16-22)25(20-11-7-4-8-12-20)23(26)19-9-5-3-6-10-19/h3-16H,17-18H2,1-2H3. The Balaban J connectivity index is 1.86. The Morgan fingerprint density at radius 2 is 1.33 bits per heavy atom. The lowest BCUT2D eigenvalue weighted by Crippen LogP contribution is -2.25. The number of benzene rings is 3. The molecule has 0 fully saturated rings. The van der Waals surface area contributed by atoms with Crippen molar-refractivity contribution >= 4 is 17.3 Å². The quantitative estimate of drug-likeness (QED) is 0.617. The maximum Gasteiger partial charge on any atom is 0.262 e. The molecule has 0 bridgehead atoms. The third kappa shape index (κ3) is 4.96. The summed E-state index contributed by atoms with van der Waals surface area (Å²) in [7, 11) is 4.03. The van der Waals surface area contributed by atoms with E-state index in [0.29, 0.717) is 12.2 Å². The summed E-state index contributed by atoms with van der Waals surface area (Å²) in [6.07, 6.45) is 0. The lowest BCUT2D eigenvalue weighted by Gasteiger charge is -2.23. The number of rotatable bonds is 7. The maximum absolute atomic E-state index is 13.2. The van der Waals surface area contributed by atoms with Gasteiger partial charge in [-0.3, -0.25) is 9.69 Å². The molecule has 0 saturated heterocycles. The van der Waals surface area contributed by atoms with E-state index in [2.05, 4.69) is 4.90 Å². The van der Waals surface area contributed by atoms with E-state index in [4.69, 9.17) is 4.74 Å². The van der Waals surface area contributed by atoms with Crippen molar-refractivity contribution < 1.29 is 9.53 Å². The highest BCUT2D eigenvalue weighted by molar-refractivity contribution is 6.10. The number of nitrogens with zero attached hydrogens (tertiary/aromatic N) is 2. The summed E-state index contributed by atoms with van der Waals surface area (Å²) in [6, 6.07) is 26.6. The zero-order chi connectivity index (χ0) is 19.1. The molecule has 0 aromatic heterocycles. The van der Waals surface area contributed by atoms with Gasteiger partial charge in [0, 0.05) is 23.5 Å². The largest absolute Gasteiger partial charge is 0.492 e. The summed E-state index contributed by atoms with van der Waals surface area (Å²) in [6.45, 7) is 1.47. The van der Waals surface area contributed by atoms with Crippen molar-refractivity contribution in [1.82, 2.24) is 4.90 Å². The van der Waals surface area contributed by atoms with Gasteiger partial charge in [-0.15, -0.1) is 0 Å². The van der Waals surface area contributed by atoms with Crippen molar-refractivity contribution in [3.63, 3.8) is 0 Å². The first-order chi connectivity index (χ1) is 13.1. The van der Waals surface area contributed by atoms with Crippen LogP contribution in [0.25, 0.3) is 0 Å². The molecule has 138 valence electrons. The summed E-state index contributed by atoms with van der Waals surface area (Å²) in [5, 5.41) is 0. The fourth-order valence-electron chi connectivity index (χ4n) is 2.71. The molecule has 0 N–H and O–H groups in total. The van der Waals surface area contributed by atoms with E-state index in [1.54, 1.807) is 4.90 Å². The molecular weight excluding hydrogens is 336 g/mol. The molecule has 0 spiro atoms. The fourth-order valence-corrected chi connectivity index (χ4v) is 2.71. The van der Waals surface area contributed by atoms with Gasteiger partial charge in [0.25, 0.3) is 5.91 Å². The van der Waals surface area contributed by atoms with Crippen molar-refractivity contribution in [2.45, 2.75) is 0 Å². The Morgan fingerprint density at radius 1 is 0.778 bits per heavy atom. The van der Waals surface area contributed by atoms with Crippen LogP contribution in [-0.2, 0) is 0 Å². The topological polar surface area (TPSA) is 32.8 Å². The van der Waals surface area contributed by atoms with Crippen LogP contribution < -0.4 is 9.64 Å². The van der Waals surface area contributed by atoms with Crippen LogP contribution in [0.5, 0.6) is 5.75 Å². The lowest BCUT2D eigenvalue weighted by atomic mass is 10.1. The van der Waals surface area contributed by atoms with Crippen LogP contribution in [-0.4, -0.2) is 38.1 Å². The number of para-hydroxylation sites is 1. The fraction of sp³-hybridized carbons (Fsp3) is 0.174. The van der Waals surface area contributed by atoms with E-state index in [0.717, 1.165) is 23.7 Å². The summed E-state index contributed by atoms with van der Waals surface area (Å²) >= 11 is 0. The van der Waals surface area contributed by atoms with Crippen molar-refractivity contribution in [2.75, 3.05) is 32.1 Å². The molecule has 27 heavy (non-hydrogen) atoms. The Bertz CT molecular complexity index is 847. The number of hydrogen-bond donors (Lipinski definition) is 0. The van der Waals surface area contributed by atoms with E-state index in [1.807, 2.05) is 99.0 Å². The molecule has 3 rings (SSSR count). The first-order valence-corrected chi connectivity index (χ1v) is 8.97. The number of carbonyl (C=O) groups excluding carboxylic acids is 1. The predicted molar refractivity (Wildman–Crippen MR) is 110 cm³/mol. The number of amides is 1. The van der Waals surface area contributed by atoms with E-state index in [9.17, 15) is 4.79 Å². The van der Waals surface area contributed by atoms with E-state index < -0.39 is 0 Å². The minimum Gasteiger partial charge on any atom is -0.492 e.